The van der Waals surface area contributed by atoms with Gasteiger partial charge in [0.25, 0.3) is 0 Å². The molecule has 0 aliphatic heterocycles. The van der Waals surface area contributed by atoms with E-state index in [4.69, 9.17) is 5.73 Å². The molecule has 0 aliphatic carbocycles. The second-order valence-electron chi connectivity index (χ2n) is 3.25. The Kier molecular flexibility index (Phi) is 4.11. The molecule has 1 rings (SSSR count). The molecule has 0 radical (unpaired) electrons. The summed E-state index contributed by atoms with van der Waals surface area (Å²) in [5.41, 5.74) is 5.81. The smallest absolute Gasteiger partial charge is 0.234 e. The average Bonchev–Trinajstić information content (AvgIpc) is 2.19. The number of carbonyl (C=O) groups is 1. The second-order valence-corrected chi connectivity index (χ2v) is 4.11. The quantitative estimate of drug-likeness (QED) is 0.769. The van der Waals surface area contributed by atoms with Crippen molar-refractivity contribution in [1.29, 1.82) is 0 Å². The fourth-order valence-corrected chi connectivity index (χ4v) is 1.47. The van der Waals surface area contributed by atoms with Crippen LogP contribution in [-0.4, -0.2) is 17.1 Å². The van der Waals surface area contributed by atoms with Gasteiger partial charge in [-0.3, -0.25) is 4.79 Å². The van der Waals surface area contributed by atoms with Gasteiger partial charge >= 0.3 is 0 Å². The summed E-state index contributed by atoms with van der Waals surface area (Å²) in [7, 11) is 0. The zero-order valence-electron chi connectivity index (χ0n) is 8.33. The van der Waals surface area contributed by atoms with Gasteiger partial charge in [-0.15, -0.1) is 0 Å². The van der Waals surface area contributed by atoms with E-state index in [1.54, 1.807) is 19.1 Å². The summed E-state index contributed by atoms with van der Waals surface area (Å²) in [6, 6.07) is 4.93. The van der Waals surface area contributed by atoms with Crippen molar-refractivity contribution in [1.82, 2.24) is 5.32 Å². The Bertz CT molecular complexity index is 368. The van der Waals surface area contributed by atoms with E-state index >= 15 is 0 Å². The van der Waals surface area contributed by atoms with Gasteiger partial charge < -0.3 is 16.2 Å². The molecule has 5 heteroatoms. The molecular weight excluding hydrogens is 260 g/mol. The van der Waals surface area contributed by atoms with E-state index in [1.807, 2.05) is 6.07 Å². The lowest BCUT2D eigenvalue weighted by molar-refractivity contribution is -0.119. The highest BCUT2D eigenvalue weighted by Gasteiger charge is 2.09. The predicted molar refractivity (Wildman–Crippen MR) is 61.3 cm³/mol. The third-order valence-corrected chi connectivity index (χ3v) is 2.74. The summed E-state index contributed by atoms with van der Waals surface area (Å²) in [6.45, 7) is 2.08. The Hall–Kier alpha value is -1.07. The maximum Gasteiger partial charge on any atom is 0.234 e. The van der Waals surface area contributed by atoms with Crippen LogP contribution < -0.4 is 11.1 Å². The van der Waals surface area contributed by atoms with Crippen molar-refractivity contribution in [2.24, 2.45) is 5.73 Å². The van der Waals surface area contributed by atoms with E-state index in [-0.39, 0.29) is 5.75 Å². The number of primary amides is 1. The highest BCUT2D eigenvalue weighted by atomic mass is 79.9. The number of aromatic hydroxyl groups is 1. The minimum atomic E-state index is -0.414. The van der Waals surface area contributed by atoms with Crippen LogP contribution in [0.2, 0.25) is 0 Å². The SMILES string of the molecule is CC(NCc1cccc(Br)c1O)C(N)=O. The lowest BCUT2D eigenvalue weighted by Gasteiger charge is -2.11. The van der Waals surface area contributed by atoms with Gasteiger partial charge in [0.1, 0.15) is 5.75 Å². The van der Waals surface area contributed by atoms with Crippen LogP contribution in [0.3, 0.4) is 0 Å². The molecule has 4 N–H and O–H groups in total. The number of nitrogens with two attached hydrogens (primary N) is 1. The van der Waals surface area contributed by atoms with Crippen LogP contribution in [0, 0.1) is 0 Å². The molecule has 4 nitrogen and oxygen atoms in total. The molecule has 15 heavy (non-hydrogen) atoms. The molecule has 1 atom stereocenters. The molecule has 1 aromatic rings. The van der Waals surface area contributed by atoms with Gasteiger partial charge in [0.15, 0.2) is 0 Å². The minimum Gasteiger partial charge on any atom is -0.506 e. The lowest BCUT2D eigenvalue weighted by atomic mass is 10.2. The predicted octanol–water partition coefficient (Wildman–Crippen LogP) is 1.12. The third-order valence-electron chi connectivity index (χ3n) is 2.10. The number of nitrogens with one attached hydrogen (secondary N) is 1. The molecule has 0 aliphatic rings. The van der Waals surface area contributed by atoms with Crippen molar-refractivity contribution in [2.45, 2.75) is 19.5 Å². The van der Waals surface area contributed by atoms with Crippen molar-refractivity contribution < 1.29 is 9.90 Å². The van der Waals surface area contributed by atoms with Crippen LogP contribution in [0.15, 0.2) is 22.7 Å². The van der Waals surface area contributed by atoms with Gasteiger partial charge in [-0.2, -0.15) is 0 Å². The molecule has 0 bridgehead atoms. The molecule has 0 heterocycles. The van der Waals surface area contributed by atoms with Gasteiger partial charge in [0.05, 0.1) is 10.5 Å². The van der Waals surface area contributed by atoms with Crippen molar-refractivity contribution in [3.8, 4) is 5.75 Å². The molecule has 0 saturated heterocycles. The topological polar surface area (TPSA) is 75.3 Å². The minimum absolute atomic E-state index is 0.182. The van der Waals surface area contributed by atoms with E-state index in [1.165, 1.54) is 0 Å². The maximum atomic E-state index is 10.8. The summed E-state index contributed by atoms with van der Waals surface area (Å²) in [6.07, 6.45) is 0. The highest BCUT2D eigenvalue weighted by molar-refractivity contribution is 9.10. The molecular formula is C10H13BrN2O2. The standard InChI is InChI=1S/C10H13BrN2O2/c1-6(10(12)15)13-5-7-3-2-4-8(11)9(7)14/h2-4,6,13-14H,5H2,1H3,(H2,12,15). The van der Waals surface area contributed by atoms with Crippen LogP contribution in [0.5, 0.6) is 5.75 Å². The summed E-state index contributed by atoms with van der Waals surface area (Å²) < 4.78 is 0.633. The fourth-order valence-electron chi connectivity index (χ4n) is 1.07. The largest absolute Gasteiger partial charge is 0.506 e. The number of halogens is 1. The van der Waals surface area contributed by atoms with E-state index in [9.17, 15) is 9.90 Å². The number of phenolic OH excluding ortho intramolecular Hbond substituents is 1. The molecule has 0 aromatic heterocycles. The van der Waals surface area contributed by atoms with Crippen molar-refractivity contribution in [2.75, 3.05) is 0 Å². The number of phenols is 1. The van der Waals surface area contributed by atoms with E-state index in [2.05, 4.69) is 21.2 Å². The zero-order valence-corrected chi connectivity index (χ0v) is 9.91. The molecule has 0 spiro atoms. The number of amides is 1. The summed E-state index contributed by atoms with van der Waals surface area (Å²) in [4.78, 5) is 10.8. The molecule has 82 valence electrons. The van der Waals surface area contributed by atoms with Crippen LogP contribution in [-0.2, 0) is 11.3 Å². The third kappa shape index (κ3) is 3.21. The molecule has 1 aromatic carbocycles. The normalized spacial score (nSPS) is 12.4. The van der Waals surface area contributed by atoms with Crippen LogP contribution in [0.4, 0.5) is 0 Å². The number of hydrogen-bond donors (Lipinski definition) is 3. The first-order chi connectivity index (χ1) is 7.02. The molecule has 1 amide bonds. The van der Waals surface area contributed by atoms with Gasteiger partial charge in [-0.25, -0.2) is 0 Å². The first-order valence-electron chi connectivity index (χ1n) is 4.51. The Morgan fingerprint density at radius 2 is 2.33 bits per heavy atom. The Labute approximate surface area is 96.6 Å². The number of rotatable bonds is 4. The summed E-state index contributed by atoms with van der Waals surface area (Å²) in [5.74, 6) is -0.230. The highest BCUT2D eigenvalue weighted by Crippen LogP contribution is 2.27. The van der Waals surface area contributed by atoms with Crippen LogP contribution in [0.1, 0.15) is 12.5 Å². The number of hydrogen-bond acceptors (Lipinski definition) is 3. The van der Waals surface area contributed by atoms with Crippen molar-refractivity contribution in [3.63, 3.8) is 0 Å². The van der Waals surface area contributed by atoms with Crippen molar-refractivity contribution in [3.05, 3.63) is 28.2 Å². The fraction of sp³-hybridized carbons (Fsp3) is 0.300. The van der Waals surface area contributed by atoms with Gasteiger partial charge in [-0.1, -0.05) is 12.1 Å². The Morgan fingerprint density at radius 1 is 1.67 bits per heavy atom. The Balaban J connectivity index is 2.66. The number of para-hydroxylation sites is 1. The van der Waals surface area contributed by atoms with Crippen LogP contribution in [0.25, 0.3) is 0 Å². The summed E-state index contributed by atoms with van der Waals surface area (Å²) in [5, 5.41) is 12.6. The van der Waals surface area contributed by atoms with E-state index in [0.29, 0.717) is 11.0 Å². The van der Waals surface area contributed by atoms with Gasteiger partial charge in [0.2, 0.25) is 5.91 Å². The molecule has 1 unspecified atom stereocenters. The monoisotopic (exact) mass is 272 g/mol. The van der Waals surface area contributed by atoms with Gasteiger partial charge in [-0.05, 0) is 28.9 Å². The second kappa shape index (κ2) is 5.14. The molecule has 0 fully saturated rings. The first-order valence-corrected chi connectivity index (χ1v) is 5.30. The maximum absolute atomic E-state index is 10.8. The Morgan fingerprint density at radius 3 is 2.93 bits per heavy atom. The number of benzene rings is 1. The van der Waals surface area contributed by atoms with Crippen molar-refractivity contribution >= 4 is 21.8 Å². The van der Waals surface area contributed by atoms with E-state index < -0.39 is 11.9 Å². The molecule has 0 saturated carbocycles. The summed E-state index contributed by atoms with van der Waals surface area (Å²) >= 11 is 3.21. The van der Waals surface area contributed by atoms with Gasteiger partial charge in [0, 0.05) is 12.1 Å². The van der Waals surface area contributed by atoms with E-state index in [0.717, 1.165) is 5.56 Å². The lowest BCUT2D eigenvalue weighted by Crippen LogP contribution is -2.38. The first kappa shape index (κ1) is 12.0. The number of carbonyl (C=O) groups excluding carboxylic acids is 1. The average molecular weight is 273 g/mol. The van der Waals surface area contributed by atoms with Crippen LogP contribution >= 0.6 is 15.9 Å². The zero-order chi connectivity index (χ0) is 11.4.